The Hall–Kier alpha value is -1.64. The average molecular weight is 423 g/mol. The Kier molecular flexibility index (Phi) is 5.86. The van der Waals surface area contributed by atoms with Crippen LogP contribution in [0.4, 0.5) is 0 Å². The molecule has 1 N–H and O–H groups in total. The van der Waals surface area contributed by atoms with Gasteiger partial charge in [-0.25, -0.2) is 13.1 Å². The van der Waals surface area contributed by atoms with Crippen molar-refractivity contribution in [3.8, 4) is 5.75 Å². The lowest BCUT2D eigenvalue weighted by Gasteiger charge is -2.33. The van der Waals surface area contributed by atoms with Crippen LogP contribution in [0.15, 0.2) is 24.3 Å². The summed E-state index contributed by atoms with van der Waals surface area (Å²) >= 11 is 0. The molecule has 3 heterocycles. The number of fused-ring (bicyclic) bond motifs is 5. The summed E-state index contributed by atoms with van der Waals surface area (Å²) in [5, 5.41) is 0. The number of benzene rings is 1. The van der Waals surface area contributed by atoms with Crippen LogP contribution in [0.25, 0.3) is 0 Å². The van der Waals surface area contributed by atoms with Crippen molar-refractivity contribution in [3.63, 3.8) is 0 Å². The molecular weight excluding hydrogens is 392 g/mol. The predicted molar refractivity (Wildman–Crippen MR) is 109 cm³/mol. The molecule has 4 aliphatic rings. The van der Waals surface area contributed by atoms with Gasteiger partial charge < -0.3 is 14.4 Å². The summed E-state index contributed by atoms with van der Waals surface area (Å²) in [6.45, 7) is 2.23. The van der Waals surface area contributed by atoms with Crippen molar-refractivity contribution in [3.05, 3.63) is 29.8 Å². The lowest BCUT2D eigenvalue weighted by molar-refractivity contribution is -0.138. The average Bonchev–Trinajstić information content (AvgIpc) is 2.98. The highest BCUT2D eigenvalue weighted by atomic mass is 32.2. The Labute approximate surface area is 172 Å². The van der Waals surface area contributed by atoms with Crippen molar-refractivity contribution < 1.29 is 22.7 Å². The number of rotatable bonds is 2. The van der Waals surface area contributed by atoms with E-state index in [4.69, 9.17) is 9.47 Å². The minimum atomic E-state index is -3.38. The number of hydrogen-bond acceptors (Lipinski definition) is 5. The number of hydrogen-bond donors (Lipinski definition) is 1. The number of ether oxygens (including phenoxy) is 2. The Morgan fingerprint density at radius 2 is 1.86 bits per heavy atom. The molecule has 7 nitrogen and oxygen atoms in total. The minimum Gasteiger partial charge on any atom is -0.483 e. The molecular formula is C21H30N2O5S. The molecule has 8 heteroatoms. The van der Waals surface area contributed by atoms with E-state index in [1.54, 1.807) is 4.90 Å². The fourth-order valence-corrected chi connectivity index (χ4v) is 5.93. The zero-order valence-corrected chi connectivity index (χ0v) is 17.9. The highest BCUT2D eigenvalue weighted by molar-refractivity contribution is 7.88. The van der Waals surface area contributed by atoms with E-state index in [1.165, 1.54) is 5.56 Å². The Morgan fingerprint density at radius 3 is 2.59 bits per heavy atom. The molecule has 2 bridgehead atoms. The molecule has 3 aliphatic heterocycles. The molecule has 160 valence electrons. The molecule has 1 unspecified atom stereocenters. The third-order valence-corrected chi connectivity index (χ3v) is 7.16. The van der Waals surface area contributed by atoms with Crippen LogP contribution in [0.3, 0.4) is 0 Å². The summed E-state index contributed by atoms with van der Waals surface area (Å²) in [7, 11) is -3.38. The zero-order chi connectivity index (χ0) is 20.6. The van der Waals surface area contributed by atoms with Gasteiger partial charge in [-0.15, -0.1) is 0 Å². The van der Waals surface area contributed by atoms with Crippen LogP contribution >= 0.6 is 0 Å². The standard InChI is InChI=1S/C21H30N2O5S/c1-14-11-18(22-29(2,25)26)19-12-27-16-9-7-15(8-10-16)17-5-3-4-6-20(17)28-13-21(24)23(14)19/h3-6,14-16,18-19,22H,7-13H2,1-2H3/t14-,15?,16?,18+,19?/m1/s1. The molecule has 0 radical (unpaired) electrons. The largest absolute Gasteiger partial charge is 0.483 e. The lowest BCUT2D eigenvalue weighted by Crippen LogP contribution is -2.51. The van der Waals surface area contributed by atoms with Gasteiger partial charge in [0.2, 0.25) is 10.0 Å². The normalized spacial score (nSPS) is 33.1. The molecule has 1 aromatic carbocycles. The molecule has 1 aromatic rings. The Morgan fingerprint density at radius 1 is 1.14 bits per heavy atom. The number of amides is 1. The molecule has 0 aromatic heterocycles. The van der Waals surface area contributed by atoms with Crippen LogP contribution in [-0.4, -0.2) is 62.9 Å². The van der Waals surface area contributed by atoms with Crippen LogP contribution in [0.1, 0.15) is 50.5 Å². The third kappa shape index (κ3) is 4.59. The molecule has 29 heavy (non-hydrogen) atoms. The van der Waals surface area contributed by atoms with Crippen molar-refractivity contribution >= 4 is 15.9 Å². The molecule has 5 rings (SSSR count). The molecule has 3 atom stereocenters. The van der Waals surface area contributed by atoms with Crippen LogP contribution in [0, 0.1) is 0 Å². The summed E-state index contributed by atoms with van der Waals surface area (Å²) in [6.07, 6.45) is 5.83. The Balaban J connectivity index is 1.62. The van der Waals surface area contributed by atoms with Gasteiger partial charge in [0.25, 0.3) is 5.91 Å². The van der Waals surface area contributed by atoms with Crippen molar-refractivity contribution in [2.45, 2.75) is 69.2 Å². The van der Waals surface area contributed by atoms with Crippen LogP contribution in [-0.2, 0) is 19.6 Å². The summed E-state index contributed by atoms with van der Waals surface area (Å²) in [5.74, 6) is 1.06. The van der Waals surface area contributed by atoms with Gasteiger partial charge in [-0.2, -0.15) is 0 Å². The van der Waals surface area contributed by atoms with Crippen molar-refractivity contribution in [2.75, 3.05) is 19.5 Å². The first-order valence-electron chi connectivity index (χ1n) is 10.4. The van der Waals surface area contributed by atoms with Crippen molar-refractivity contribution in [1.29, 1.82) is 0 Å². The van der Waals surface area contributed by atoms with E-state index in [0.717, 1.165) is 37.7 Å². The van der Waals surface area contributed by atoms with Gasteiger partial charge in [0.15, 0.2) is 6.61 Å². The SMILES string of the molecule is C[C@@H]1C[C@H](NS(C)(=O)=O)C2COC3CCC(CC3)c3ccccc3OCC(=O)N21. The molecule has 1 amide bonds. The van der Waals surface area contributed by atoms with Gasteiger partial charge in [-0.1, -0.05) is 18.2 Å². The predicted octanol–water partition coefficient (Wildman–Crippen LogP) is 2.03. The van der Waals surface area contributed by atoms with Gasteiger partial charge in [0.05, 0.1) is 25.0 Å². The van der Waals surface area contributed by atoms with E-state index >= 15 is 0 Å². The van der Waals surface area contributed by atoms with E-state index in [2.05, 4.69) is 10.8 Å². The molecule has 1 saturated heterocycles. The molecule has 1 saturated carbocycles. The number of nitrogens with zero attached hydrogens (tertiary/aromatic N) is 1. The first kappa shape index (κ1) is 20.6. The lowest BCUT2D eigenvalue weighted by atomic mass is 9.82. The van der Waals surface area contributed by atoms with Crippen molar-refractivity contribution in [1.82, 2.24) is 9.62 Å². The Bertz CT molecular complexity index is 850. The van der Waals surface area contributed by atoms with Gasteiger partial charge in [0.1, 0.15) is 5.75 Å². The van der Waals surface area contributed by atoms with Gasteiger partial charge in [-0.3, -0.25) is 4.79 Å². The van der Waals surface area contributed by atoms with Crippen molar-refractivity contribution in [2.24, 2.45) is 0 Å². The quantitative estimate of drug-likeness (QED) is 0.788. The van der Waals surface area contributed by atoms with E-state index in [1.807, 2.05) is 25.1 Å². The molecule has 1 aliphatic carbocycles. The first-order valence-corrected chi connectivity index (χ1v) is 12.3. The monoisotopic (exact) mass is 422 g/mol. The maximum absolute atomic E-state index is 13.1. The summed E-state index contributed by atoms with van der Waals surface area (Å²) in [4.78, 5) is 14.8. The second-order valence-electron chi connectivity index (χ2n) is 8.58. The topological polar surface area (TPSA) is 84.9 Å². The minimum absolute atomic E-state index is 0.0560. The maximum Gasteiger partial charge on any atom is 0.261 e. The number of carbonyl (C=O) groups excluding carboxylic acids is 1. The summed E-state index contributed by atoms with van der Waals surface area (Å²) in [5.41, 5.74) is 1.17. The summed E-state index contributed by atoms with van der Waals surface area (Å²) in [6, 6.07) is 7.22. The fourth-order valence-electron chi connectivity index (χ4n) is 5.13. The first-order chi connectivity index (χ1) is 13.8. The number of para-hydroxylation sites is 1. The van der Waals surface area contributed by atoms with E-state index < -0.39 is 10.0 Å². The maximum atomic E-state index is 13.1. The third-order valence-electron chi connectivity index (χ3n) is 6.43. The second-order valence-corrected chi connectivity index (χ2v) is 10.4. The van der Waals surface area contributed by atoms with Gasteiger partial charge in [-0.05, 0) is 56.6 Å². The van der Waals surface area contributed by atoms with E-state index in [9.17, 15) is 13.2 Å². The highest BCUT2D eigenvalue weighted by Crippen LogP contribution is 2.39. The van der Waals surface area contributed by atoms with E-state index in [0.29, 0.717) is 18.9 Å². The number of carbonyl (C=O) groups is 1. The smallest absolute Gasteiger partial charge is 0.261 e. The van der Waals surface area contributed by atoms with E-state index in [-0.39, 0.29) is 36.7 Å². The van der Waals surface area contributed by atoms with Crippen LogP contribution in [0.5, 0.6) is 5.75 Å². The molecule has 0 spiro atoms. The highest BCUT2D eigenvalue weighted by Gasteiger charge is 2.43. The molecule has 2 fully saturated rings. The van der Waals surface area contributed by atoms with Gasteiger partial charge in [0, 0.05) is 12.1 Å². The fraction of sp³-hybridized carbons (Fsp3) is 0.667. The number of sulfonamides is 1. The van der Waals surface area contributed by atoms with Crippen LogP contribution < -0.4 is 9.46 Å². The summed E-state index contributed by atoms with van der Waals surface area (Å²) < 4.78 is 38.6. The number of nitrogens with one attached hydrogen (secondary N) is 1. The van der Waals surface area contributed by atoms with Gasteiger partial charge >= 0.3 is 0 Å². The zero-order valence-electron chi connectivity index (χ0n) is 17.0. The van der Waals surface area contributed by atoms with Crippen LogP contribution in [0.2, 0.25) is 0 Å². The second kappa shape index (κ2) is 8.24.